The predicted octanol–water partition coefficient (Wildman–Crippen LogP) is 2.19. The molecule has 0 aliphatic rings. The van der Waals surface area contributed by atoms with Gasteiger partial charge in [0.05, 0.1) is 0 Å². The Morgan fingerprint density at radius 2 is 1.82 bits per heavy atom. The molecule has 0 heterocycles. The lowest BCUT2D eigenvalue weighted by Gasteiger charge is -2.30. The number of nitrogens with one attached hydrogen (secondary N) is 3. The smallest absolute Gasteiger partial charge is 0.251 e. The number of hydrogen-bond acceptors (Lipinski definition) is 4. The lowest BCUT2D eigenvalue weighted by Crippen LogP contribution is -2.45. The number of hydrogen-bond donors (Lipinski definition) is 4. The van der Waals surface area contributed by atoms with Gasteiger partial charge in [0.1, 0.15) is 5.75 Å². The molecule has 4 N–H and O–H groups in total. The van der Waals surface area contributed by atoms with Gasteiger partial charge in [0.2, 0.25) is 0 Å². The Kier molecular flexibility index (Phi) is 11.0. The summed E-state index contributed by atoms with van der Waals surface area (Å²) in [4.78, 5) is 19.0. The van der Waals surface area contributed by atoms with Crippen LogP contribution in [0.4, 0.5) is 0 Å². The van der Waals surface area contributed by atoms with E-state index < -0.39 is 0 Å². The standard InChI is InChI=1S/C21H37N5O2/c1-6-22-21(25-13-14-26(16(2)3)17(4)5)24-12-8-11-23-20(28)18-9-7-10-19(27)15-18/h7,9-10,15-17,27H,6,8,11-14H2,1-5H3,(H,23,28)(H2,22,24,25). The van der Waals surface area contributed by atoms with E-state index in [-0.39, 0.29) is 11.7 Å². The molecule has 1 rings (SSSR count). The van der Waals surface area contributed by atoms with Crippen molar-refractivity contribution in [1.82, 2.24) is 20.9 Å². The molecule has 0 bridgehead atoms. The van der Waals surface area contributed by atoms with Crippen LogP contribution in [-0.4, -0.2) is 66.7 Å². The SMILES string of the molecule is CCNC(=NCCCNC(=O)c1cccc(O)c1)NCCN(C(C)C)C(C)C. The Balaban J connectivity index is 2.36. The molecule has 0 radical (unpaired) electrons. The lowest BCUT2D eigenvalue weighted by molar-refractivity contribution is 0.0953. The fourth-order valence-corrected chi connectivity index (χ4v) is 2.98. The minimum Gasteiger partial charge on any atom is -0.508 e. The first-order chi connectivity index (χ1) is 13.3. The maximum Gasteiger partial charge on any atom is 0.251 e. The minimum atomic E-state index is -0.188. The zero-order chi connectivity index (χ0) is 20.9. The van der Waals surface area contributed by atoms with Gasteiger partial charge in [-0.15, -0.1) is 0 Å². The molecule has 0 fully saturated rings. The third kappa shape index (κ3) is 9.08. The van der Waals surface area contributed by atoms with Gasteiger partial charge in [-0.2, -0.15) is 0 Å². The van der Waals surface area contributed by atoms with Crippen LogP contribution >= 0.6 is 0 Å². The molecule has 1 aromatic rings. The molecule has 0 saturated carbocycles. The fourth-order valence-electron chi connectivity index (χ4n) is 2.98. The van der Waals surface area contributed by atoms with Crippen LogP contribution in [0.2, 0.25) is 0 Å². The van der Waals surface area contributed by atoms with E-state index in [1.54, 1.807) is 18.2 Å². The van der Waals surface area contributed by atoms with Gasteiger partial charge < -0.3 is 21.1 Å². The zero-order valence-corrected chi connectivity index (χ0v) is 18.0. The van der Waals surface area contributed by atoms with Crippen LogP contribution in [0.3, 0.4) is 0 Å². The van der Waals surface area contributed by atoms with Gasteiger partial charge in [-0.05, 0) is 59.2 Å². The highest BCUT2D eigenvalue weighted by Crippen LogP contribution is 2.10. The van der Waals surface area contributed by atoms with Crippen LogP contribution < -0.4 is 16.0 Å². The molecular formula is C21H37N5O2. The van der Waals surface area contributed by atoms with Gasteiger partial charge in [-0.25, -0.2) is 0 Å². The number of carbonyl (C=O) groups is 1. The molecule has 0 spiro atoms. The molecule has 1 aromatic carbocycles. The summed E-state index contributed by atoms with van der Waals surface area (Å²) >= 11 is 0. The van der Waals surface area contributed by atoms with Crippen molar-refractivity contribution in [3.05, 3.63) is 29.8 Å². The molecule has 28 heavy (non-hydrogen) atoms. The molecule has 0 atom stereocenters. The van der Waals surface area contributed by atoms with Crippen molar-refractivity contribution in [2.45, 2.75) is 53.1 Å². The zero-order valence-electron chi connectivity index (χ0n) is 18.0. The highest BCUT2D eigenvalue weighted by atomic mass is 16.3. The van der Waals surface area contributed by atoms with Gasteiger partial charge >= 0.3 is 0 Å². The summed E-state index contributed by atoms with van der Waals surface area (Å²) in [6.45, 7) is 14.6. The summed E-state index contributed by atoms with van der Waals surface area (Å²) in [6.07, 6.45) is 0.741. The summed E-state index contributed by atoms with van der Waals surface area (Å²) in [7, 11) is 0. The Hall–Kier alpha value is -2.28. The van der Waals surface area contributed by atoms with Crippen molar-refractivity contribution in [1.29, 1.82) is 0 Å². The van der Waals surface area contributed by atoms with Crippen LogP contribution in [0.25, 0.3) is 0 Å². The minimum absolute atomic E-state index is 0.0899. The maximum absolute atomic E-state index is 12.0. The van der Waals surface area contributed by atoms with Gasteiger partial charge in [0.25, 0.3) is 5.91 Å². The Morgan fingerprint density at radius 1 is 1.11 bits per heavy atom. The second kappa shape index (κ2) is 13.0. The largest absolute Gasteiger partial charge is 0.508 e. The van der Waals surface area contributed by atoms with Crippen LogP contribution in [0.1, 0.15) is 51.4 Å². The van der Waals surface area contributed by atoms with Crippen LogP contribution in [0.15, 0.2) is 29.3 Å². The molecule has 0 unspecified atom stereocenters. The van der Waals surface area contributed by atoms with Gasteiger partial charge in [0, 0.05) is 50.4 Å². The first-order valence-corrected chi connectivity index (χ1v) is 10.2. The fraction of sp³-hybridized carbons (Fsp3) is 0.619. The number of aromatic hydroxyl groups is 1. The summed E-state index contributed by atoms with van der Waals surface area (Å²) in [6, 6.07) is 7.36. The quantitative estimate of drug-likeness (QED) is 0.264. The normalized spacial score (nSPS) is 11.9. The molecule has 0 aromatic heterocycles. The summed E-state index contributed by atoms with van der Waals surface area (Å²) in [5.74, 6) is 0.703. The number of carbonyl (C=O) groups excluding carboxylic acids is 1. The highest BCUT2D eigenvalue weighted by Gasteiger charge is 2.12. The van der Waals surface area contributed by atoms with Crippen LogP contribution in [0, 0.1) is 0 Å². The monoisotopic (exact) mass is 391 g/mol. The first kappa shape index (κ1) is 23.8. The number of phenolic OH excluding ortho intramolecular Hbond substituents is 1. The van der Waals surface area contributed by atoms with Crippen molar-refractivity contribution >= 4 is 11.9 Å². The highest BCUT2D eigenvalue weighted by molar-refractivity contribution is 5.94. The third-order valence-corrected chi connectivity index (χ3v) is 4.33. The van der Waals surface area contributed by atoms with Crippen LogP contribution in [0.5, 0.6) is 5.75 Å². The molecule has 0 aliphatic carbocycles. The van der Waals surface area contributed by atoms with E-state index in [1.807, 2.05) is 6.92 Å². The van der Waals surface area contributed by atoms with E-state index in [2.05, 4.69) is 53.5 Å². The molecule has 0 saturated heterocycles. The van der Waals surface area contributed by atoms with Crippen molar-refractivity contribution in [2.24, 2.45) is 4.99 Å². The average Bonchev–Trinajstić information content (AvgIpc) is 2.63. The van der Waals surface area contributed by atoms with Crippen LogP contribution in [-0.2, 0) is 0 Å². The van der Waals surface area contributed by atoms with E-state index >= 15 is 0 Å². The number of phenols is 1. The van der Waals surface area contributed by atoms with Crippen molar-refractivity contribution in [3.8, 4) is 5.75 Å². The Labute approximate surface area is 169 Å². The van der Waals surface area contributed by atoms with E-state index in [9.17, 15) is 9.90 Å². The summed E-state index contributed by atoms with van der Waals surface area (Å²) in [5.41, 5.74) is 0.457. The number of aliphatic imine (C=N–C) groups is 1. The number of rotatable bonds is 11. The first-order valence-electron chi connectivity index (χ1n) is 10.2. The summed E-state index contributed by atoms with van der Waals surface area (Å²) < 4.78 is 0. The van der Waals surface area contributed by atoms with E-state index in [1.165, 1.54) is 6.07 Å². The molecule has 7 nitrogen and oxygen atoms in total. The van der Waals surface area contributed by atoms with Crippen molar-refractivity contribution in [3.63, 3.8) is 0 Å². The third-order valence-electron chi connectivity index (χ3n) is 4.33. The average molecular weight is 392 g/mol. The van der Waals surface area contributed by atoms with Crippen molar-refractivity contribution in [2.75, 3.05) is 32.7 Å². The number of guanidine groups is 1. The number of amides is 1. The molecular weight excluding hydrogens is 354 g/mol. The molecule has 0 aliphatic heterocycles. The van der Waals surface area contributed by atoms with E-state index in [0.29, 0.717) is 30.7 Å². The number of nitrogens with zero attached hydrogens (tertiary/aromatic N) is 2. The lowest BCUT2D eigenvalue weighted by atomic mass is 10.2. The second-order valence-corrected chi connectivity index (χ2v) is 7.27. The Bertz CT molecular complexity index is 609. The number of benzene rings is 1. The topological polar surface area (TPSA) is 89.0 Å². The van der Waals surface area contributed by atoms with E-state index in [0.717, 1.165) is 32.0 Å². The molecule has 1 amide bonds. The molecule has 158 valence electrons. The molecule has 7 heteroatoms. The van der Waals surface area contributed by atoms with Crippen molar-refractivity contribution < 1.29 is 9.90 Å². The van der Waals surface area contributed by atoms with Gasteiger partial charge in [-0.1, -0.05) is 6.07 Å². The second-order valence-electron chi connectivity index (χ2n) is 7.27. The summed E-state index contributed by atoms with van der Waals surface area (Å²) in [5, 5.41) is 18.9. The predicted molar refractivity (Wildman–Crippen MR) is 116 cm³/mol. The Morgan fingerprint density at radius 3 is 2.43 bits per heavy atom. The van der Waals surface area contributed by atoms with E-state index in [4.69, 9.17) is 0 Å². The van der Waals surface area contributed by atoms with Gasteiger partial charge in [-0.3, -0.25) is 14.7 Å². The van der Waals surface area contributed by atoms with Gasteiger partial charge in [0.15, 0.2) is 5.96 Å². The maximum atomic E-state index is 12.0.